The van der Waals surface area contributed by atoms with Gasteiger partial charge < -0.3 is 19.9 Å². The molecule has 1 aliphatic rings. The molecule has 0 bridgehead atoms. The van der Waals surface area contributed by atoms with Crippen LogP contribution in [0.4, 0.5) is 10.5 Å². The molecule has 1 aliphatic heterocycles. The average molecular weight is 473 g/mol. The SMILES string of the molecule is CNC(=S)NCC1CN(c2ccc(-c3nc(C)no3)c(I)c2)C(=O)O1. The van der Waals surface area contributed by atoms with Crippen molar-refractivity contribution in [3.8, 4) is 11.5 Å². The van der Waals surface area contributed by atoms with Gasteiger partial charge >= 0.3 is 6.09 Å². The van der Waals surface area contributed by atoms with Gasteiger partial charge in [0.25, 0.3) is 5.89 Å². The van der Waals surface area contributed by atoms with Crippen LogP contribution in [0.2, 0.25) is 0 Å². The molecule has 132 valence electrons. The molecule has 1 unspecified atom stereocenters. The second-order valence-electron chi connectivity index (χ2n) is 5.39. The van der Waals surface area contributed by atoms with E-state index in [0.717, 1.165) is 14.8 Å². The van der Waals surface area contributed by atoms with E-state index < -0.39 is 0 Å². The molecule has 1 aromatic carbocycles. The number of nitrogens with zero attached hydrogens (tertiary/aromatic N) is 3. The predicted octanol–water partition coefficient (Wildman–Crippen LogP) is 2.07. The Morgan fingerprint density at radius 2 is 2.32 bits per heavy atom. The van der Waals surface area contributed by atoms with Crippen molar-refractivity contribution in [2.45, 2.75) is 13.0 Å². The third-order valence-corrected chi connectivity index (χ3v) is 4.85. The molecule has 25 heavy (non-hydrogen) atoms. The maximum absolute atomic E-state index is 12.2. The van der Waals surface area contributed by atoms with Crippen LogP contribution < -0.4 is 15.5 Å². The molecule has 1 atom stereocenters. The maximum Gasteiger partial charge on any atom is 0.414 e. The van der Waals surface area contributed by atoms with E-state index in [9.17, 15) is 4.79 Å². The van der Waals surface area contributed by atoms with Crippen molar-refractivity contribution < 1.29 is 14.1 Å². The Morgan fingerprint density at radius 1 is 1.52 bits per heavy atom. The summed E-state index contributed by atoms with van der Waals surface area (Å²) >= 11 is 7.21. The molecule has 2 N–H and O–H groups in total. The van der Waals surface area contributed by atoms with Crippen molar-refractivity contribution in [3.05, 3.63) is 27.6 Å². The first-order valence-electron chi connectivity index (χ1n) is 7.52. The topological polar surface area (TPSA) is 92.5 Å². The van der Waals surface area contributed by atoms with Crippen LogP contribution >= 0.6 is 34.8 Å². The number of thiocarbonyl (C=S) groups is 1. The highest BCUT2D eigenvalue weighted by Gasteiger charge is 2.32. The zero-order valence-corrected chi connectivity index (χ0v) is 16.6. The zero-order valence-electron chi connectivity index (χ0n) is 13.6. The first kappa shape index (κ1) is 17.9. The van der Waals surface area contributed by atoms with Crippen LogP contribution in [0.3, 0.4) is 0 Å². The minimum atomic E-state index is -0.376. The van der Waals surface area contributed by atoms with E-state index in [4.69, 9.17) is 21.5 Å². The quantitative estimate of drug-likeness (QED) is 0.515. The van der Waals surface area contributed by atoms with E-state index in [2.05, 4.69) is 43.4 Å². The van der Waals surface area contributed by atoms with Crippen LogP contribution in [0.25, 0.3) is 11.5 Å². The molecule has 8 nitrogen and oxygen atoms in total. The van der Waals surface area contributed by atoms with Gasteiger partial charge in [-0.3, -0.25) is 4.90 Å². The number of ether oxygens (including phenoxy) is 1. The summed E-state index contributed by atoms with van der Waals surface area (Å²) in [7, 11) is 1.73. The van der Waals surface area contributed by atoms with Crippen LogP contribution in [0.1, 0.15) is 5.82 Å². The van der Waals surface area contributed by atoms with Crippen molar-refractivity contribution in [2.75, 3.05) is 25.0 Å². The summed E-state index contributed by atoms with van der Waals surface area (Å²) < 4.78 is 11.5. The third kappa shape index (κ3) is 4.00. The molecular weight excluding hydrogens is 457 g/mol. The number of hydrogen-bond acceptors (Lipinski definition) is 6. The number of aryl methyl sites for hydroxylation is 1. The minimum absolute atomic E-state index is 0.269. The molecule has 10 heteroatoms. The lowest BCUT2D eigenvalue weighted by molar-refractivity contribution is 0.143. The van der Waals surface area contributed by atoms with Crippen LogP contribution in [0.5, 0.6) is 0 Å². The summed E-state index contributed by atoms with van der Waals surface area (Å²) in [6, 6.07) is 5.59. The van der Waals surface area contributed by atoms with Crippen molar-refractivity contribution in [2.24, 2.45) is 0 Å². The highest BCUT2D eigenvalue weighted by molar-refractivity contribution is 14.1. The lowest BCUT2D eigenvalue weighted by atomic mass is 10.2. The lowest BCUT2D eigenvalue weighted by Gasteiger charge is -2.14. The van der Waals surface area contributed by atoms with Gasteiger partial charge in [0.2, 0.25) is 0 Å². The smallest absolute Gasteiger partial charge is 0.414 e. The molecule has 0 radical (unpaired) electrons. The molecule has 1 aromatic heterocycles. The van der Waals surface area contributed by atoms with E-state index in [0.29, 0.717) is 29.9 Å². The Labute approximate surface area is 163 Å². The van der Waals surface area contributed by atoms with Crippen LogP contribution in [-0.4, -0.2) is 47.6 Å². The fourth-order valence-electron chi connectivity index (χ4n) is 2.39. The number of benzene rings is 1. The van der Waals surface area contributed by atoms with Crippen molar-refractivity contribution in [1.82, 2.24) is 20.8 Å². The van der Waals surface area contributed by atoms with Crippen molar-refractivity contribution >= 4 is 51.7 Å². The normalized spacial score (nSPS) is 16.7. The summed E-state index contributed by atoms with van der Waals surface area (Å²) in [5, 5.41) is 10.1. The van der Waals surface area contributed by atoms with Gasteiger partial charge in [0.05, 0.1) is 18.7 Å². The van der Waals surface area contributed by atoms with Crippen molar-refractivity contribution in [1.29, 1.82) is 0 Å². The lowest BCUT2D eigenvalue weighted by Crippen LogP contribution is -2.39. The standard InChI is InChI=1S/C15H16IN5O3S/c1-8-19-13(24-20-8)11-4-3-9(5-12(11)16)21-7-10(23-15(21)22)6-18-14(25)17-2/h3-5,10H,6-7H2,1-2H3,(H2,17,18,25). The number of carbonyl (C=O) groups excluding carboxylic acids is 1. The monoisotopic (exact) mass is 473 g/mol. The fourth-order valence-corrected chi connectivity index (χ4v) is 3.20. The number of carbonyl (C=O) groups is 1. The first-order valence-corrected chi connectivity index (χ1v) is 9.00. The van der Waals surface area contributed by atoms with Gasteiger partial charge in [0, 0.05) is 16.3 Å². The number of cyclic esters (lactones) is 1. The fraction of sp³-hybridized carbons (Fsp3) is 0.333. The van der Waals surface area contributed by atoms with Crippen molar-refractivity contribution in [3.63, 3.8) is 0 Å². The Balaban J connectivity index is 1.72. The van der Waals surface area contributed by atoms with Gasteiger partial charge in [-0.1, -0.05) is 5.16 Å². The number of nitrogens with one attached hydrogen (secondary N) is 2. The predicted molar refractivity (Wildman–Crippen MR) is 104 cm³/mol. The highest BCUT2D eigenvalue weighted by Crippen LogP contribution is 2.30. The molecule has 1 amide bonds. The Hall–Kier alpha value is -1.95. The summed E-state index contributed by atoms with van der Waals surface area (Å²) in [5.74, 6) is 1.04. The number of anilines is 1. The molecule has 0 spiro atoms. The van der Waals surface area contributed by atoms with E-state index in [1.807, 2.05) is 18.2 Å². The van der Waals surface area contributed by atoms with Gasteiger partial charge in [0.15, 0.2) is 10.9 Å². The molecule has 3 rings (SSSR count). The zero-order chi connectivity index (χ0) is 18.0. The minimum Gasteiger partial charge on any atom is -0.442 e. The molecule has 0 saturated carbocycles. The summed E-state index contributed by atoms with van der Waals surface area (Å²) in [5.41, 5.74) is 1.59. The number of amides is 1. The number of hydrogen-bond donors (Lipinski definition) is 2. The molecule has 2 heterocycles. The van der Waals surface area contributed by atoms with Gasteiger partial charge in [-0.25, -0.2) is 4.79 Å². The third-order valence-electron chi connectivity index (χ3n) is 3.61. The average Bonchev–Trinajstić information content (AvgIpc) is 3.18. The molecule has 1 saturated heterocycles. The van der Waals surface area contributed by atoms with E-state index in [1.165, 1.54) is 0 Å². The summed E-state index contributed by atoms with van der Waals surface area (Å²) in [6.07, 6.45) is -0.644. The van der Waals surface area contributed by atoms with Crippen LogP contribution in [0, 0.1) is 10.5 Å². The first-order chi connectivity index (χ1) is 12.0. The number of aromatic nitrogens is 2. The van der Waals surface area contributed by atoms with Gasteiger partial charge in [-0.15, -0.1) is 0 Å². The van der Waals surface area contributed by atoms with E-state index in [1.54, 1.807) is 18.9 Å². The molecule has 1 fully saturated rings. The second-order valence-corrected chi connectivity index (χ2v) is 6.96. The Bertz CT molecular complexity index is 812. The van der Waals surface area contributed by atoms with Crippen LogP contribution in [0.15, 0.2) is 22.7 Å². The number of halogens is 1. The maximum atomic E-state index is 12.2. The second kappa shape index (κ2) is 7.52. The van der Waals surface area contributed by atoms with Crippen LogP contribution in [-0.2, 0) is 4.74 Å². The highest BCUT2D eigenvalue weighted by atomic mass is 127. The summed E-state index contributed by atoms with van der Waals surface area (Å²) in [4.78, 5) is 18.0. The van der Waals surface area contributed by atoms with Gasteiger partial charge in [0.1, 0.15) is 6.10 Å². The summed E-state index contributed by atoms with van der Waals surface area (Å²) in [6.45, 7) is 2.67. The van der Waals surface area contributed by atoms with Gasteiger partial charge in [-0.05, 0) is 59.9 Å². The molecule has 2 aromatic rings. The largest absolute Gasteiger partial charge is 0.442 e. The Kier molecular flexibility index (Phi) is 5.37. The molecule has 0 aliphatic carbocycles. The number of rotatable bonds is 4. The molecular formula is C15H16IN5O3S. The van der Waals surface area contributed by atoms with E-state index >= 15 is 0 Å². The van der Waals surface area contributed by atoms with E-state index in [-0.39, 0.29) is 12.2 Å². The van der Waals surface area contributed by atoms with Gasteiger partial charge in [-0.2, -0.15) is 4.98 Å². The Morgan fingerprint density at radius 3 is 2.96 bits per heavy atom.